The number of likely N-dealkylation sites (tertiary alicyclic amines) is 1. The number of halogens is 2. The number of anilines is 2. The number of benzene rings is 3. The van der Waals surface area contributed by atoms with Gasteiger partial charge in [-0.3, -0.25) is 9.69 Å². The Kier molecular flexibility index (Phi) is 8.35. The summed E-state index contributed by atoms with van der Waals surface area (Å²) < 4.78 is 20.8. The molecule has 0 radical (unpaired) electrons. The van der Waals surface area contributed by atoms with Crippen LogP contribution in [0.25, 0.3) is 0 Å². The fourth-order valence-corrected chi connectivity index (χ4v) is 5.31. The zero-order valence-electron chi connectivity index (χ0n) is 21.4. The highest BCUT2D eigenvalue weighted by atomic mass is 35.5. The molecule has 0 spiro atoms. The smallest absolute Gasteiger partial charge is 0.251 e. The normalized spacial score (nSPS) is 17.4. The summed E-state index contributed by atoms with van der Waals surface area (Å²) in [6, 6.07) is 20.3. The molecule has 1 amide bonds. The second kappa shape index (κ2) is 12.0. The summed E-state index contributed by atoms with van der Waals surface area (Å²) in [4.78, 5) is 17.5. The second-order valence-corrected chi connectivity index (χ2v) is 10.6. The van der Waals surface area contributed by atoms with E-state index < -0.39 is 5.82 Å². The minimum Gasteiger partial charge on any atom is -0.487 e. The van der Waals surface area contributed by atoms with Crippen molar-refractivity contribution < 1.29 is 13.9 Å². The van der Waals surface area contributed by atoms with Gasteiger partial charge in [-0.15, -0.1) is 0 Å². The zero-order chi connectivity index (χ0) is 26.5. The number of nitrogen functional groups attached to an aromatic ring is 1. The molecular formula is C30H34ClFN4O2. The van der Waals surface area contributed by atoms with Crippen molar-refractivity contribution >= 4 is 28.9 Å². The molecule has 3 N–H and O–H groups in total. The molecule has 38 heavy (non-hydrogen) atoms. The first-order chi connectivity index (χ1) is 18.4. The predicted molar refractivity (Wildman–Crippen MR) is 150 cm³/mol. The van der Waals surface area contributed by atoms with E-state index in [-0.39, 0.29) is 23.8 Å². The van der Waals surface area contributed by atoms with Gasteiger partial charge in [0.2, 0.25) is 0 Å². The molecule has 2 heterocycles. The van der Waals surface area contributed by atoms with Gasteiger partial charge in [0.25, 0.3) is 5.91 Å². The maximum Gasteiger partial charge on any atom is 0.251 e. The number of nitrogens with one attached hydrogen (secondary N) is 1. The average molecular weight is 537 g/mol. The Morgan fingerprint density at radius 1 is 0.947 bits per heavy atom. The molecule has 2 fully saturated rings. The lowest BCUT2D eigenvalue weighted by molar-refractivity contribution is 0.0908. The van der Waals surface area contributed by atoms with Crippen molar-refractivity contribution in [2.75, 3.05) is 36.8 Å². The first-order valence-corrected chi connectivity index (χ1v) is 13.6. The molecule has 5 rings (SSSR count). The Morgan fingerprint density at radius 3 is 2.29 bits per heavy atom. The van der Waals surface area contributed by atoms with Gasteiger partial charge in [0.15, 0.2) is 11.6 Å². The number of rotatable bonds is 7. The van der Waals surface area contributed by atoms with Crippen molar-refractivity contribution in [1.82, 2.24) is 10.2 Å². The van der Waals surface area contributed by atoms with Gasteiger partial charge < -0.3 is 20.7 Å². The fraction of sp³-hybridized carbons (Fsp3) is 0.367. The van der Waals surface area contributed by atoms with Crippen LogP contribution in [0.3, 0.4) is 0 Å². The van der Waals surface area contributed by atoms with Gasteiger partial charge in [-0.2, -0.15) is 0 Å². The SMILES string of the molecule is Nc1ccc(N2CCC(Oc3ccc(C(=O)NC4CCN(Cc5ccc(Cl)cc5)CC4)cc3F)CC2)cc1. The summed E-state index contributed by atoms with van der Waals surface area (Å²) in [5.41, 5.74) is 9.20. The highest BCUT2D eigenvalue weighted by molar-refractivity contribution is 6.30. The number of carbonyl (C=O) groups excluding carboxylic acids is 1. The van der Waals surface area contributed by atoms with Crippen molar-refractivity contribution in [2.45, 2.75) is 44.4 Å². The van der Waals surface area contributed by atoms with Crippen LogP contribution in [0.1, 0.15) is 41.6 Å². The van der Waals surface area contributed by atoms with Gasteiger partial charge >= 0.3 is 0 Å². The number of amides is 1. The van der Waals surface area contributed by atoms with Crippen LogP contribution in [0.4, 0.5) is 15.8 Å². The van der Waals surface area contributed by atoms with Gasteiger partial charge in [-0.25, -0.2) is 4.39 Å². The van der Waals surface area contributed by atoms with E-state index in [0.717, 1.165) is 74.8 Å². The van der Waals surface area contributed by atoms with Crippen molar-refractivity contribution in [3.8, 4) is 5.75 Å². The predicted octanol–water partition coefficient (Wildman–Crippen LogP) is 5.50. The van der Waals surface area contributed by atoms with Gasteiger partial charge in [0.1, 0.15) is 6.10 Å². The third-order valence-corrected chi connectivity index (χ3v) is 7.68. The number of carbonyl (C=O) groups is 1. The molecule has 0 bridgehead atoms. The Labute approximate surface area is 228 Å². The van der Waals surface area contributed by atoms with Crippen LogP contribution in [0, 0.1) is 5.82 Å². The maximum atomic E-state index is 14.9. The highest BCUT2D eigenvalue weighted by Gasteiger charge is 2.24. The molecule has 2 aliphatic rings. The lowest BCUT2D eigenvalue weighted by Crippen LogP contribution is -2.44. The van der Waals surface area contributed by atoms with E-state index >= 15 is 0 Å². The largest absolute Gasteiger partial charge is 0.487 e. The van der Waals surface area contributed by atoms with Crippen LogP contribution in [-0.2, 0) is 6.54 Å². The minimum absolute atomic E-state index is 0.0627. The minimum atomic E-state index is -0.503. The number of ether oxygens (including phenoxy) is 1. The van der Waals surface area contributed by atoms with Gasteiger partial charge in [-0.05, 0) is 73.0 Å². The highest BCUT2D eigenvalue weighted by Crippen LogP contribution is 2.26. The Hall–Kier alpha value is -3.29. The lowest BCUT2D eigenvalue weighted by Gasteiger charge is -2.34. The molecule has 3 aromatic carbocycles. The molecule has 200 valence electrons. The zero-order valence-corrected chi connectivity index (χ0v) is 22.2. The molecule has 0 aliphatic carbocycles. The summed E-state index contributed by atoms with van der Waals surface area (Å²) in [5, 5.41) is 3.81. The molecule has 0 atom stereocenters. The van der Waals surface area contributed by atoms with Crippen molar-refractivity contribution in [1.29, 1.82) is 0 Å². The average Bonchev–Trinajstić information content (AvgIpc) is 2.93. The Morgan fingerprint density at radius 2 is 1.63 bits per heavy atom. The van der Waals surface area contributed by atoms with E-state index in [1.165, 1.54) is 11.6 Å². The standard InChI is InChI=1S/C30H34ClFN4O2/c31-23-4-1-21(2-5-23)20-35-15-11-25(12-16-35)34-30(37)22-3-10-29(28(32)19-22)38-27-13-17-36(18-14-27)26-8-6-24(33)7-9-26/h1-10,19,25,27H,11-18,20,33H2,(H,34,37). The first-order valence-electron chi connectivity index (χ1n) is 13.3. The Balaban J connectivity index is 1.07. The summed E-state index contributed by atoms with van der Waals surface area (Å²) in [5.74, 6) is -0.553. The summed E-state index contributed by atoms with van der Waals surface area (Å²) in [6.07, 6.45) is 3.24. The van der Waals surface area contributed by atoms with E-state index in [1.54, 1.807) is 12.1 Å². The molecule has 0 saturated carbocycles. The summed E-state index contributed by atoms with van der Waals surface area (Å²) in [6.45, 7) is 4.31. The lowest BCUT2D eigenvalue weighted by atomic mass is 10.0. The van der Waals surface area contributed by atoms with Crippen LogP contribution in [-0.4, -0.2) is 49.1 Å². The molecule has 2 saturated heterocycles. The first kappa shape index (κ1) is 26.3. The fourth-order valence-electron chi connectivity index (χ4n) is 5.19. The topological polar surface area (TPSA) is 70.8 Å². The van der Waals surface area contributed by atoms with Crippen LogP contribution in [0.5, 0.6) is 5.75 Å². The van der Waals surface area contributed by atoms with Gasteiger partial charge in [0.05, 0.1) is 0 Å². The maximum absolute atomic E-state index is 14.9. The summed E-state index contributed by atoms with van der Waals surface area (Å²) in [7, 11) is 0. The Bertz CT molecular complexity index is 1220. The van der Waals surface area contributed by atoms with Crippen LogP contribution < -0.4 is 20.7 Å². The molecule has 0 aromatic heterocycles. The van der Waals surface area contributed by atoms with Crippen molar-refractivity contribution in [3.63, 3.8) is 0 Å². The van der Waals surface area contributed by atoms with E-state index in [2.05, 4.69) is 15.1 Å². The van der Waals surface area contributed by atoms with Crippen LogP contribution >= 0.6 is 11.6 Å². The van der Waals surface area contributed by atoms with E-state index in [0.29, 0.717) is 5.56 Å². The van der Waals surface area contributed by atoms with E-state index in [4.69, 9.17) is 22.1 Å². The van der Waals surface area contributed by atoms with Crippen LogP contribution in [0.15, 0.2) is 66.7 Å². The van der Waals surface area contributed by atoms with E-state index in [9.17, 15) is 9.18 Å². The molecule has 0 unspecified atom stereocenters. The number of nitrogens with zero attached hydrogens (tertiary/aromatic N) is 2. The molecular weight excluding hydrogens is 503 g/mol. The third-order valence-electron chi connectivity index (χ3n) is 7.43. The van der Waals surface area contributed by atoms with Gasteiger partial charge in [0, 0.05) is 73.6 Å². The number of piperidine rings is 2. The monoisotopic (exact) mass is 536 g/mol. The number of nitrogens with two attached hydrogens (primary N) is 1. The van der Waals surface area contributed by atoms with Crippen LogP contribution in [0.2, 0.25) is 5.02 Å². The quantitative estimate of drug-likeness (QED) is 0.390. The molecule has 2 aliphatic heterocycles. The number of hydrogen-bond donors (Lipinski definition) is 2. The second-order valence-electron chi connectivity index (χ2n) is 10.2. The third kappa shape index (κ3) is 6.77. The van der Waals surface area contributed by atoms with Gasteiger partial charge in [-0.1, -0.05) is 23.7 Å². The van der Waals surface area contributed by atoms with E-state index in [1.807, 2.05) is 48.5 Å². The number of hydrogen-bond acceptors (Lipinski definition) is 5. The summed E-state index contributed by atoms with van der Waals surface area (Å²) >= 11 is 5.97. The molecule has 6 nitrogen and oxygen atoms in total. The van der Waals surface area contributed by atoms with Crippen molar-refractivity contribution in [3.05, 3.63) is 88.7 Å². The molecule has 3 aromatic rings. The van der Waals surface area contributed by atoms with Crippen molar-refractivity contribution in [2.24, 2.45) is 0 Å². The molecule has 8 heteroatoms.